The fourth-order valence-electron chi connectivity index (χ4n) is 1.74. The summed E-state index contributed by atoms with van der Waals surface area (Å²) in [5.41, 5.74) is 7.76. The van der Waals surface area contributed by atoms with Crippen LogP contribution in [0.2, 0.25) is 0 Å². The average Bonchev–Trinajstić information content (AvgIpc) is 2.39. The number of halogens is 1. The van der Waals surface area contributed by atoms with Gasteiger partial charge < -0.3 is 15.6 Å². The highest BCUT2D eigenvalue weighted by Gasteiger charge is 2.06. The molecule has 0 bridgehead atoms. The third-order valence-corrected chi connectivity index (χ3v) is 3.49. The number of nitrogens with two attached hydrogens (primary N) is 1. The van der Waals surface area contributed by atoms with Gasteiger partial charge in [0.1, 0.15) is 11.5 Å². The molecule has 2 aromatic rings. The predicted octanol–water partition coefficient (Wildman–Crippen LogP) is 3.75. The zero-order chi connectivity index (χ0) is 13.8. The summed E-state index contributed by atoms with van der Waals surface area (Å²) >= 11 is 3.49. The second kappa shape index (κ2) is 6.19. The first-order chi connectivity index (χ1) is 9.10. The van der Waals surface area contributed by atoms with Crippen LogP contribution in [0, 0.1) is 0 Å². The van der Waals surface area contributed by atoms with Crippen molar-refractivity contribution in [1.82, 2.24) is 0 Å². The summed E-state index contributed by atoms with van der Waals surface area (Å²) in [7, 11) is 0. The highest BCUT2D eigenvalue weighted by atomic mass is 79.9. The molecule has 0 heterocycles. The zero-order valence-corrected chi connectivity index (χ0v) is 12.2. The average molecular weight is 322 g/mol. The van der Waals surface area contributed by atoms with Gasteiger partial charge in [0.25, 0.3) is 0 Å². The van der Waals surface area contributed by atoms with Gasteiger partial charge in [0.05, 0.1) is 6.61 Å². The summed E-state index contributed by atoms with van der Waals surface area (Å²) in [6, 6.07) is 13.1. The molecule has 19 heavy (non-hydrogen) atoms. The van der Waals surface area contributed by atoms with Gasteiger partial charge in [-0.1, -0.05) is 34.1 Å². The van der Waals surface area contributed by atoms with E-state index in [0.717, 1.165) is 27.1 Å². The molecule has 2 aromatic carbocycles. The van der Waals surface area contributed by atoms with Crippen LogP contribution in [0.15, 0.2) is 46.9 Å². The van der Waals surface area contributed by atoms with E-state index in [1.165, 1.54) is 0 Å². The van der Waals surface area contributed by atoms with Crippen LogP contribution >= 0.6 is 15.9 Å². The lowest BCUT2D eigenvalue weighted by molar-refractivity contribution is 0.281. The van der Waals surface area contributed by atoms with E-state index in [9.17, 15) is 0 Å². The van der Waals surface area contributed by atoms with Crippen molar-refractivity contribution >= 4 is 15.9 Å². The Morgan fingerprint density at radius 2 is 1.79 bits per heavy atom. The van der Waals surface area contributed by atoms with Gasteiger partial charge in [-0.2, -0.15) is 0 Å². The number of hydrogen-bond donors (Lipinski definition) is 2. The largest absolute Gasteiger partial charge is 0.457 e. The van der Waals surface area contributed by atoms with Gasteiger partial charge in [-0.3, -0.25) is 0 Å². The van der Waals surface area contributed by atoms with Gasteiger partial charge in [0, 0.05) is 10.5 Å². The zero-order valence-electron chi connectivity index (χ0n) is 10.6. The molecule has 0 aliphatic carbocycles. The van der Waals surface area contributed by atoms with E-state index < -0.39 is 0 Å². The molecule has 0 saturated heterocycles. The standard InChI is InChI=1S/C15H16BrNO2/c1-10(17)14-7-6-13(8-15(14)16)19-12-4-2-11(9-18)3-5-12/h2-8,10,18H,9,17H2,1H3/t10-/m1/s1. The third kappa shape index (κ3) is 3.56. The predicted molar refractivity (Wildman–Crippen MR) is 79.2 cm³/mol. The van der Waals surface area contributed by atoms with E-state index in [1.807, 2.05) is 49.4 Å². The molecule has 2 rings (SSSR count). The van der Waals surface area contributed by atoms with Crippen LogP contribution in [0.3, 0.4) is 0 Å². The Morgan fingerprint density at radius 3 is 2.32 bits per heavy atom. The molecular weight excluding hydrogens is 306 g/mol. The molecule has 0 aliphatic rings. The van der Waals surface area contributed by atoms with Crippen molar-refractivity contribution in [2.24, 2.45) is 5.73 Å². The van der Waals surface area contributed by atoms with Crippen LogP contribution in [0.4, 0.5) is 0 Å². The molecule has 0 aliphatic heterocycles. The number of rotatable bonds is 4. The Kier molecular flexibility index (Phi) is 4.58. The molecule has 0 spiro atoms. The summed E-state index contributed by atoms with van der Waals surface area (Å²) in [6.07, 6.45) is 0. The maximum atomic E-state index is 8.98. The van der Waals surface area contributed by atoms with Crippen LogP contribution in [0.5, 0.6) is 11.5 Å². The minimum absolute atomic E-state index is 0.0211. The molecule has 0 amide bonds. The molecule has 1 atom stereocenters. The second-order valence-electron chi connectivity index (χ2n) is 4.38. The number of ether oxygens (including phenoxy) is 1. The highest BCUT2D eigenvalue weighted by Crippen LogP contribution is 2.29. The summed E-state index contributed by atoms with van der Waals surface area (Å²) in [6.45, 7) is 1.98. The van der Waals surface area contributed by atoms with Gasteiger partial charge in [-0.25, -0.2) is 0 Å². The number of aliphatic hydroxyl groups excluding tert-OH is 1. The molecule has 0 aromatic heterocycles. The topological polar surface area (TPSA) is 55.5 Å². The SMILES string of the molecule is C[C@@H](N)c1ccc(Oc2ccc(CO)cc2)cc1Br. The first-order valence-electron chi connectivity index (χ1n) is 6.03. The minimum Gasteiger partial charge on any atom is -0.457 e. The number of benzene rings is 2. The smallest absolute Gasteiger partial charge is 0.128 e. The fraction of sp³-hybridized carbons (Fsp3) is 0.200. The van der Waals surface area contributed by atoms with Crippen molar-refractivity contribution in [3.05, 3.63) is 58.1 Å². The Morgan fingerprint density at radius 1 is 1.16 bits per heavy atom. The summed E-state index contributed by atoms with van der Waals surface area (Å²) < 4.78 is 6.68. The van der Waals surface area contributed by atoms with Crippen LogP contribution in [0.1, 0.15) is 24.1 Å². The van der Waals surface area contributed by atoms with Gasteiger partial charge in [-0.05, 0) is 42.3 Å². The van der Waals surface area contributed by atoms with Crippen molar-refractivity contribution < 1.29 is 9.84 Å². The van der Waals surface area contributed by atoms with Gasteiger partial charge in [0.2, 0.25) is 0 Å². The fourth-order valence-corrected chi connectivity index (χ4v) is 2.46. The molecule has 0 radical (unpaired) electrons. The molecule has 3 nitrogen and oxygen atoms in total. The summed E-state index contributed by atoms with van der Waals surface area (Å²) in [5, 5.41) is 8.98. The van der Waals surface area contributed by atoms with E-state index in [0.29, 0.717) is 0 Å². The van der Waals surface area contributed by atoms with Gasteiger partial charge in [0.15, 0.2) is 0 Å². The van der Waals surface area contributed by atoms with E-state index >= 15 is 0 Å². The molecule has 0 saturated carbocycles. The maximum absolute atomic E-state index is 8.98. The first-order valence-corrected chi connectivity index (χ1v) is 6.82. The van der Waals surface area contributed by atoms with Crippen molar-refractivity contribution in [3.8, 4) is 11.5 Å². The van der Waals surface area contributed by atoms with Crippen LogP contribution in [-0.4, -0.2) is 5.11 Å². The van der Waals surface area contributed by atoms with Crippen LogP contribution in [0.25, 0.3) is 0 Å². The lowest BCUT2D eigenvalue weighted by Gasteiger charge is -2.11. The summed E-state index contributed by atoms with van der Waals surface area (Å²) in [4.78, 5) is 0. The second-order valence-corrected chi connectivity index (χ2v) is 5.23. The van der Waals surface area contributed by atoms with E-state index in [-0.39, 0.29) is 12.6 Å². The van der Waals surface area contributed by atoms with Crippen molar-refractivity contribution in [2.45, 2.75) is 19.6 Å². The van der Waals surface area contributed by atoms with Crippen LogP contribution in [-0.2, 0) is 6.61 Å². The molecule has 0 fully saturated rings. The Hall–Kier alpha value is -1.36. The van der Waals surface area contributed by atoms with Gasteiger partial charge >= 0.3 is 0 Å². The third-order valence-electron chi connectivity index (χ3n) is 2.80. The van der Waals surface area contributed by atoms with Crippen LogP contribution < -0.4 is 10.5 Å². The molecule has 4 heteroatoms. The molecule has 3 N–H and O–H groups in total. The Balaban J connectivity index is 2.16. The monoisotopic (exact) mass is 321 g/mol. The number of aliphatic hydroxyl groups is 1. The minimum atomic E-state index is -0.0211. The Labute approximate surface area is 121 Å². The van der Waals surface area contributed by atoms with Crippen molar-refractivity contribution in [2.75, 3.05) is 0 Å². The van der Waals surface area contributed by atoms with Gasteiger partial charge in [-0.15, -0.1) is 0 Å². The lowest BCUT2D eigenvalue weighted by atomic mass is 10.1. The highest BCUT2D eigenvalue weighted by molar-refractivity contribution is 9.10. The Bertz CT molecular complexity index is 553. The summed E-state index contributed by atoms with van der Waals surface area (Å²) in [5.74, 6) is 1.48. The van der Waals surface area contributed by atoms with E-state index in [1.54, 1.807) is 0 Å². The number of hydrogen-bond acceptors (Lipinski definition) is 3. The molecule has 100 valence electrons. The lowest BCUT2D eigenvalue weighted by Crippen LogP contribution is -2.05. The normalized spacial score (nSPS) is 12.2. The molecule has 0 unspecified atom stereocenters. The van der Waals surface area contributed by atoms with E-state index in [4.69, 9.17) is 15.6 Å². The quantitative estimate of drug-likeness (QED) is 0.901. The van der Waals surface area contributed by atoms with E-state index in [2.05, 4.69) is 15.9 Å². The van der Waals surface area contributed by atoms with Crippen molar-refractivity contribution in [3.63, 3.8) is 0 Å². The molecular formula is C15H16BrNO2. The maximum Gasteiger partial charge on any atom is 0.128 e. The first kappa shape index (κ1) is 14.1. The van der Waals surface area contributed by atoms with Crippen molar-refractivity contribution in [1.29, 1.82) is 0 Å².